The van der Waals surface area contributed by atoms with E-state index in [2.05, 4.69) is 29.2 Å². The van der Waals surface area contributed by atoms with Crippen molar-refractivity contribution < 1.29 is 4.42 Å². The molecule has 4 heteroatoms. The molecule has 0 aromatic carbocycles. The average Bonchev–Trinajstić information content (AvgIpc) is 3.24. The molecule has 3 rings (SSSR count). The van der Waals surface area contributed by atoms with E-state index in [1.54, 1.807) is 6.26 Å². The molecule has 2 aromatic heterocycles. The van der Waals surface area contributed by atoms with Crippen molar-refractivity contribution >= 4 is 0 Å². The van der Waals surface area contributed by atoms with Gasteiger partial charge >= 0.3 is 0 Å². The van der Waals surface area contributed by atoms with E-state index in [4.69, 9.17) is 9.52 Å². The highest BCUT2D eigenvalue weighted by atomic mass is 16.3. The third-order valence-corrected chi connectivity index (χ3v) is 4.40. The summed E-state index contributed by atoms with van der Waals surface area (Å²) in [6, 6.07) is 7.23. The van der Waals surface area contributed by atoms with E-state index in [1.165, 1.54) is 25.7 Å². The van der Waals surface area contributed by atoms with E-state index >= 15 is 0 Å². The second-order valence-electron chi connectivity index (χ2n) is 6.13. The first kappa shape index (κ1) is 14.4. The van der Waals surface area contributed by atoms with Crippen molar-refractivity contribution in [2.24, 2.45) is 0 Å². The first-order chi connectivity index (χ1) is 10.3. The van der Waals surface area contributed by atoms with Crippen molar-refractivity contribution in [1.29, 1.82) is 0 Å². The highest BCUT2D eigenvalue weighted by molar-refractivity contribution is 5.01. The van der Waals surface area contributed by atoms with Gasteiger partial charge in [0.15, 0.2) is 0 Å². The molecule has 0 spiro atoms. The molecule has 1 fully saturated rings. The minimum atomic E-state index is 0.465. The van der Waals surface area contributed by atoms with Gasteiger partial charge in [0.2, 0.25) is 0 Å². The number of hydrogen-bond donors (Lipinski definition) is 1. The van der Waals surface area contributed by atoms with Gasteiger partial charge in [-0.05, 0) is 44.4 Å². The van der Waals surface area contributed by atoms with Crippen LogP contribution >= 0.6 is 0 Å². The molecule has 21 heavy (non-hydrogen) atoms. The summed E-state index contributed by atoms with van der Waals surface area (Å²) in [6.45, 7) is 3.07. The molecule has 1 N–H and O–H groups in total. The Morgan fingerprint density at radius 2 is 2.24 bits per heavy atom. The lowest BCUT2D eigenvalue weighted by molar-refractivity contribution is 0.445. The Morgan fingerprint density at radius 3 is 3.00 bits per heavy atom. The molecule has 114 valence electrons. The molecule has 2 heterocycles. The molecule has 1 saturated carbocycles. The van der Waals surface area contributed by atoms with Gasteiger partial charge in [0.1, 0.15) is 5.76 Å². The summed E-state index contributed by atoms with van der Waals surface area (Å²) in [6.07, 6.45) is 11.2. The molecule has 0 amide bonds. The van der Waals surface area contributed by atoms with Crippen LogP contribution in [0, 0.1) is 0 Å². The number of nitrogens with one attached hydrogen (secondary N) is 1. The summed E-state index contributed by atoms with van der Waals surface area (Å²) in [7, 11) is 0. The first-order valence-electron chi connectivity index (χ1n) is 8.11. The molecule has 0 saturated heterocycles. The molecule has 1 unspecified atom stereocenters. The fourth-order valence-corrected chi connectivity index (χ4v) is 3.04. The van der Waals surface area contributed by atoms with E-state index in [-0.39, 0.29) is 0 Å². The van der Waals surface area contributed by atoms with Crippen LogP contribution in [0.15, 0.2) is 35.1 Å². The Hall–Kier alpha value is -1.55. The lowest BCUT2D eigenvalue weighted by Gasteiger charge is -2.12. The quantitative estimate of drug-likeness (QED) is 0.844. The van der Waals surface area contributed by atoms with Crippen molar-refractivity contribution in [2.75, 3.05) is 0 Å². The van der Waals surface area contributed by atoms with Crippen LogP contribution in [0.3, 0.4) is 0 Å². The molecule has 0 bridgehead atoms. The van der Waals surface area contributed by atoms with Crippen LogP contribution in [0.2, 0.25) is 0 Å². The molecule has 2 aromatic rings. The number of rotatable bonds is 7. The number of nitrogens with zero attached hydrogens (tertiary/aromatic N) is 2. The van der Waals surface area contributed by atoms with Gasteiger partial charge in [-0.15, -0.1) is 0 Å². The van der Waals surface area contributed by atoms with E-state index in [1.807, 2.05) is 12.1 Å². The highest BCUT2D eigenvalue weighted by Crippen LogP contribution is 2.28. The molecular formula is C17H25N3O. The predicted molar refractivity (Wildman–Crippen MR) is 83.1 cm³/mol. The molecule has 1 aliphatic carbocycles. The van der Waals surface area contributed by atoms with Gasteiger partial charge in [-0.2, -0.15) is 5.10 Å². The van der Waals surface area contributed by atoms with Gasteiger partial charge < -0.3 is 9.73 Å². The van der Waals surface area contributed by atoms with Crippen molar-refractivity contribution in [3.8, 4) is 0 Å². The number of aryl methyl sites for hydroxylation is 1. The monoisotopic (exact) mass is 287 g/mol. The SMILES string of the molecule is CC(CCc1ccco1)NCc1ccn(C2CCCC2)n1. The third-order valence-electron chi connectivity index (χ3n) is 4.40. The topological polar surface area (TPSA) is 43.0 Å². The lowest BCUT2D eigenvalue weighted by Crippen LogP contribution is -2.26. The van der Waals surface area contributed by atoms with Crippen molar-refractivity contribution in [2.45, 2.75) is 64.1 Å². The normalized spacial score (nSPS) is 17.4. The highest BCUT2D eigenvalue weighted by Gasteiger charge is 2.17. The summed E-state index contributed by atoms with van der Waals surface area (Å²) in [5.41, 5.74) is 1.15. The number of furan rings is 1. The van der Waals surface area contributed by atoms with Gasteiger partial charge in [0.05, 0.1) is 18.0 Å². The summed E-state index contributed by atoms with van der Waals surface area (Å²) in [5, 5.41) is 8.26. The molecule has 0 aliphatic heterocycles. The van der Waals surface area contributed by atoms with E-state index < -0.39 is 0 Å². The Labute approximate surface area is 126 Å². The third kappa shape index (κ3) is 3.97. The van der Waals surface area contributed by atoms with Crippen molar-refractivity contribution in [3.63, 3.8) is 0 Å². The standard InChI is InChI=1S/C17H25N3O/c1-14(8-9-17-7-4-12-21-17)18-13-15-10-11-20(19-15)16-5-2-3-6-16/h4,7,10-12,14,16,18H,2-3,5-6,8-9,13H2,1H3. The minimum absolute atomic E-state index is 0.465. The molecule has 0 radical (unpaired) electrons. The fraction of sp³-hybridized carbons (Fsp3) is 0.588. The van der Waals surface area contributed by atoms with E-state index in [0.29, 0.717) is 12.1 Å². The van der Waals surface area contributed by atoms with Crippen LogP contribution in [0.25, 0.3) is 0 Å². The summed E-state index contributed by atoms with van der Waals surface area (Å²) < 4.78 is 7.53. The number of aromatic nitrogens is 2. The maximum atomic E-state index is 5.36. The lowest BCUT2D eigenvalue weighted by atomic mass is 10.1. The number of hydrogen-bond acceptors (Lipinski definition) is 3. The van der Waals surface area contributed by atoms with Crippen LogP contribution in [-0.4, -0.2) is 15.8 Å². The second kappa shape index (κ2) is 6.94. The van der Waals surface area contributed by atoms with E-state index in [0.717, 1.165) is 30.8 Å². The van der Waals surface area contributed by atoms with Gasteiger partial charge in [0.25, 0.3) is 0 Å². The zero-order valence-electron chi connectivity index (χ0n) is 12.8. The molecular weight excluding hydrogens is 262 g/mol. The largest absolute Gasteiger partial charge is 0.469 e. The summed E-state index contributed by atoms with van der Waals surface area (Å²) in [4.78, 5) is 0. The van der Waals surface area contributed by atoms with Crippen molar-refractivity contribution in [1.82, 2.24) is 15.1 Å². The van der Waals surface area contributed by atoms with Gasteiger partial charge in [-0.1, -0.05) is 12.8 Å². The van der Waals surface area contributed by atoms with Crippen LogP contribution < -0.4 is 5.32 Å². The average molecular weight is 287 g/mol. The van der Waals surface area contributed by atoms with Gasteiger partial charge in [0, 0.05) is 25.2 Å². The zero-order chi connectivity index (χ0) is 14.5. The van der Waals surface area contributed by atoms with Crippen LogP contribution in [-0.2, 0) is 13.0 Å². The Kier molecular flexibility index (Phi) is 4.76. The van der Waals surface area contributed by atoms with Crippen molar-refractivity contribution in [3.05, 3.63) is 42.1 Å². The maximum Gasteiger partial charge on any atom is 0.103 e. The Bertz CT molecular complexity index is 526. The van der Waals surface area contributed by atoms with Crippen LogP contribution in [0.4, 0.5) is 0 Å². The Balaban J connectivity index is 1.42. The summed E-state index contributed by atoms with van der Waals surface area (Å²) in [5.74, 6) is 1.06. The molecule has 1 aliphatic rings. The zero-order valence-corrected chi connectivity index (χ0v) is 12.8. The maximum absolute atomic E-state index is 5.36. The molecule has 1 atom stereocenters. The Morgan fingerprint density at radius 1 is 1.38 bits per heavy atom. The predicted octanol–water partition coefficient (Wildman–Crippen LogP) is 3.70. The van der Waals surface area contributed by atoms with Gasteiger partial charge in [-0.3, -0.25) is 4.68 Å². The minimum Gasteiger partial charge on any atom is -0.469 e. The first-order valence-corrected chi connectivity index (χ1v) is 8.11. The van der Waals surface area contributed by atoms with Crippen LogP contribution in [0.5, 0.6) is 0 Å². The smallest absolute Gasteiger partial charge is 0.103 e. The van der Waals surface area contributed by atoms with Crippen LogP contribution in [0.1, 0.15) is 56.5 Å². The second-order valence-corrected chi connectivity index (χ2v) is 6.13. The summed E-state index contributed by atoms with van der Waals surface area (Å²) >= 11 is 0. The fourth-order valence-electron chi connectivity index (χ4n) is 3.04. The van der Waals surface area contributed by atoms with E-state index in [9.17, 15) is 0 Å². The van der Waals surface area contributed by atoms with Gasteiger partial charge in [-0.25, -0.2) is 0 Å². The molecule has 4 nitrogen and oxygen atoms in total.